The van der Waals surface area contributed by atoms with E-state index < -0.39 is 27.4 Å². The summed E-state index contributed by atoms with van der Waals surface area (Å²) in [6.07, 6.45) is 0.703. The van der Waals surface area contributed by atoms with Crippen LogP contribution in [0.3, 0.4) is 0 Å². The van der Waals surface area contributed by atoms with Gasteiger partial charge in [0, 0.05) is 18.2 Å². The van der Waals surface area contributed by atoms with E-state index in [0.717, 1.165) is 4.31 Å². The fourth-order valence-electron chi connectivity index (χ4n) is 2.33. The molecule has 0 aliphatic heterocycles. The lowest BCUT2D eigenvalue weighted by Crippen LogP contribution is -2.43. The Morgan fingerprint density at radius 3 is 2.26 bits per heavy atom. The molecule has 144 valence electrons. The number of nitro benzene ring substituents is 1. The van der Waals surface area contributed by atoms with Gasteiger partial charge in [-0.15, -0.1) is 0 Å². The number of sulfonamides is 1. The molecule has 9 heteroatoms. The molecule has 0 bridgehead atoms. The van der Waals surface area contributed by atoms with E-state index >= 15 is 0 Å². The number of carbonyl (C=O) groups excluding carboxylic acids is 1. The number of non-ortho nitro benzene ring substituents is 1. The van der Waals surface area contributed by atoms with Crippen LogP contribution in [0.4, 0.5) is 11.4 Å². The number of benzene rings is 2. The van der Waals surface area contributed by atoms with E-state index in [1.54, 1.807) is 18.2 Å². The molecule has 0 aliphatic carbocycles. The second-order valence-corrected chi connectivity index (χ2v) is 7.84. The Balaban J connectivity index is 2.42. The summed E-state index contributed by atoms with van der Waals surface area (Å²) in [6, 6.07) is 12.6. The highest BCUT2D eigenvalue weighted by atomic mass is 32.2. The number of nitrogens with zero attached hydrogens (tertiary/aromatic N) is 2. The number of amides is 1. The van der Waals surface area contributed by atoms with Crippen molar-refractivity contribution in [2.24, 2.45) is 0 Å². The van der Waals surface area contributed by atoms with Crippen molar-refractivity contribution in [2.75, 3.05) is 10.8 Å². The Labute approximate surface area is 158 Å². The SMILES string of the molecule is CC[C@@H](C)NC(=O)CN(c1ccc([N+](=O)[O-])cc1)S(=O)(=O)c1ccccc1. The van der Waals surface area contributed by atoms with Crippen LogP contribution < -0.4 is 9.62 Å². The van der Waals surface area contributed by atoms with Crippen molar-refractivity contribution in [3.63, 3.8) is 0 Å². The van der Waals surface area contributed by atoms with Gasteiger partial charge in [0.15, 0.2) is 0 Å². The Morgan fingerprint density at radius 2 is 1.74 bits per heavy atom. The van der Waals surface area contributed by atoms with Gasteiger partial charge in [0.1, 0.15) is 6.54 Å². The zero-order chi connectivity index (χ0) is 20.0. The fraction of sp³-hybridized carbons (Fsp3) is 0.278. The van der Waals surface area contributed by atoms with Crippen LogP contribution in [0.1, 0.15) is 20.3 Å². The summed E-state index contributed by atoms with van der Waals surface area (Å²) in [5, 5.41) is 13.6. The predicted octanol–water partition coefficient (Wildman–Crippen LogP) is 2.70. The van der Waals surface area contributed by atoms with Gasteiger partial charge in [0.25, 0.3) is 15.7 Å². The Kier molecular flexibility index (Phi) is 6.51. The summed E-state index contributed by atoms with van der Waals surface area (Å²) in [6.45, 7) is 3.29. The zero-order valence-corrected chi connectivity index (χ0v) is 15.8. The molecule has 27 heavy (non-hydrogen) atoms. The average Bonchev–Trinajstić information content (AvgIpc) is 2.66. The number of hydrogen-bond donors (Lipinski definition) is 1. The highest BCUT2D eigenvalue weighted by Gasteiger charge is 2.27. The van der Waals surface area contributed by atoms with Crippen LogP contribution in [0.5, 0.6) is 0 Å². The number of carbonyl (C=O) groups is 1. The molecule has 1 N–H and O–H groups in total. The molecule has 0 saturated carbocycles. The minimum atomic E-state index is -4.02. The summed E-state index contributed by atoms with van der Waals surface area (Å²) < 4.78 is 27.1. The van der Waals surface area contributed by atoms with Crippen LogP contribution in [-0.2, 0) is 14.8 Å². The van der Waals surface area contributed by atoms with Crippen molar-refractivity contribution < 1.29 is 18.1 Å². The summed E-state index contributed by atoms with van der Waals surface area (Å²) in [4.78, 5) is 22.6. The first-order valence-corrected chi connectivity index (χ1v) is 9.81. The lowest BCUT2D eigenvalue weighted by atomic mass is 10.2. The van der Waals surface area contributed by atoms with Gasteiger partial charge in [0.2, 0.25) is 5.91 Å². The van der Waals surface area contributed by atoms with Crippen molar-refractivity contribution in [1.29, 1.82) is 0 Å². The molecule has 0 spiro atoms. The van der Waals surface area contributed by atoms with Crippen LogP contribution in [0.2, 0.25) is 0 Å². The third-order valence-corrected chi connectivity index (χ3v) is 5.77. The predicted molar refractivity (Wildman–Crippen MR) is 102 cm³/mol. The van der Waals surface area contributed by atoms with Gasteiger partial charge in [0.05, 0.1) is 15.5 Å². The van der Waals surface area contributed by atoms with Crippen LogP contribution in [0.25, 0.3) is 0 Å². The number of hydrogen-bond acceptors (Lipinski definition) is 5. The smallest absolute Gasteiger partial charge is 0.269 e. The molecule has 8 nitrogen and oxygen atoms in total. The Bertz CT molecular complexity index is 898. The van der Waals surface area contributed by atoms with E-state index in [2.05, 4.69) is 5.32 Å². The zero-order valence-electron chi connectivity index (χ0n) is 15.0. The van der Waals surface area contributed by atoms with Crippen LogP contribution in [0.15, 0.2) is 59.5 Å². The van der Waals surface area contributed by atoms with Gasteiger partial charge in [-0.1, -0.05) is 25.1 Å². The fourth-order valence-corrected chi connectivity index (χ4v) is 3.77. The maximum absolute atomic E-state index is 13.1. The topological polar surface area (TPSA) is 110 Å². The van der Waals surface area contributed by atoms with Gasteiger partial charge in [-0.2, -0.15) is 0 Å². The molecule has 0 unspecified atom stereocenters. The van der Waals surface area contributed by atoms with Crippen molar-refractivity contribution in [3.8, 4) is 0 Å². The molecule has 1 atom stereocenters. The molecule has 2 aromatic carbocycles. The number of nitrogens with one attached hydrogen (secondary N) is 1. The highest BCUT2D eigenvalue weighted by molar-refractivity contribution is 7.92. The largest absolute Gasteiger partial charge is 0.352 e. The van der Waals surface area contributed by atoms with Crippen molar-refractivity contribution >= 4 is 27.3 Å². The monoisotopic (exact) mass is 391 g/mol. The first-order valence-electron chi connectivity index (χ1n) is 8.37. The maximum atomic E-state index is 13.1. The quantitative estimate of drug-likeness (QED) is 0.549. The lowest BCUT2D eigenvalue weighted by molar-refractivity contribution is -0.384. The van der Waals surface area contributed by atoms with E-state index in [1.807, 2.05) is 13.8 Å². The molecular weight excluding hydrogens is 370 g/mol. The minimum Gasteiger partial charge on any atom is -0.352 e. The van der Waals surface area contributed by atoms with E-state index in [1.165, 1.54) is 36.4 Å². The molecule has 2 rings (SSSR count). The molecule has 0 aliphatic rings. The molecule has 0 saturated heterocycles. The van der Waals surface area contributed by atoms with Crippen molar-refractivity contribution in [3.05, 3.63) is 64.7 Å². The van der Waals surface area contributed by atoms with Crippen molar-refractivity contribution in [2.45, 2.75) is 31.2 Å². The van der Waals surface area contributed by atoms with Crippen LogP contribution in [-0.4, -0.2) is 31.8 Å². The number of nitro groups is 1. The van der Waals surface area contributed by atoms with Crippen molar-refractivity contribution in [1.82, 2.24) is 5.32 Å². The summed E-state index contributed by atoms with van der Waals surface area (Å²) >= 11 is 0. The lowest BCUT2D eigenvalue weighted by Gasteiger charge is -2.24. The standard InChI is InChI=1S/C18H21N3O5S/c1-3-14(2)19-18(22)13-20(15-9-11-16(12-10-15)21(23)24)27(25,26)17-7-5-4-6-8-17/h4-12,14H,3,13H2,1-2H3,(H,19,22)/t14-/m1/s1. The maximum Gasteiger partial charge on any atom is 0.269 e. The van der Waals surface area contributed by atoms with E-state index in [4.69, 9.17) is 0 Å². The second-order valence-electron chi connectivity index (χ2n) is 5.98. The molecule has 0 radical (unpaired) electrons. The summed E-state index contributed by atoms with van der Waals surface area (Å²) in [5.41, 5.74) is 0.00335. The molecule has 0 fully saturated rings. The van der Waals surface area contributed by atoms with E-state index in [0.29, 0.717) is 6.42 Å². The normalized spacial score (nSPS) is 12.2. The van der Waals surface area contributed by atoms with Crippen LogP contribution in [0, 0.1) is 10.1 Å². The highest BCUT2D eigenvalue weighted by Crippen LogP contribution is 2.25. The second kappa shape index (κ2) is 8.63. The van der Waals surface area contributed by atoms with Gasteiger partial charge in [-0.3, -0.25) is 19.2 Å². The third kappa shape index (κ3) is 5.04. The number of rotatable bonds is 8. The summed E-state index contributed by atoms with van der Waals surface area (Å²) in [7, 11) is -4.02. The van der Waals surface area contributed by atoms with Gasteiger partial charge in [-0.25, -0.2) is 8.42 Å². The van der Waals surface area contributed by atoms with E-state index in [-0.39, 0.29) is 22.3 Å². The molecule has 2 aromatic rings. The molecule has 0 aromatic heterocycles. The molecular formula is C18H21N3O5S. The van der Waals surface area contributed by atoms with E-state index in [9.17, 15) is 23.3 Å². The molecule has 0 heterocycles. The third-order valence-electron chi connectivity index (χ3n) is 3.99. The van der Waals surface area contributed by atoms with Gasteiger partial charge < -0.3 is 5.32 Å². The Hall–Kier alpha value is -2.94. The first-order chi connectivity index (χ1) is 12.8. The average molecular weight is 391 g/mol. The van der Waals surface area contributed by atoms with Crippen LogP contribution >= 0.6 is 0 Å². The first kappa shape index (κ1) is 20.4. The minimum absolute atomic E-state index is 0.0275. The number of anilines is 1. The molecule has 1 amide bonds. The van der Waals surface area contributed by atoms with Gasteiger partial charge >= 0.3 is 0 Å². The summed E-state index contributed by atoms with van der Waals surface area (Å²) in [5.74, 6) is -0.456. The van der Waals surface area contributed by atoms with Gasteiger partial charge in [-0.05, 0) is 37.6 Å². The Morgan fingerprint density at radius 1 is 1.15 bits per heavy atom.